The third-order valence-corrected chi connectivity index (χ3v) is 4.74. The van der Waals surface area contributed by atoms with Crippen molar-refractivity contribution in [3.63, 3.8) is 0 Å². The third kappa shape index (κ3) is 3.96. The minimum Gasteiger partial charge on any atom is -0.508 e. The Morgan fingerprint density at radius 3 is 2.54 bits per heavy atom. The predicted octanol–water partition coefficient (Wildman–Crippen LogP) is 4.46. The minimum atomic E-state index is -0.350. The summed E-state index contributed by atoms with van der Waals surface area (Å²) in [5.41, 5.74) is 3.06. The molecule has 0 unspecified atom stereocenters. The van der Waals surface area contributed by atoms with E-state index >= 15 is 0 Å². The van der Waals surface area contributed by atoms with Crippen LogP contribution in [0.15, 0.2) is 46.9 Å². The van der Waals surface area contributed by atoms with Gasteiger partial charge in [0.15, 0.2) is 5.76 Å². The first-order chi connectivity index (χ1) is 13.4. The molecular formula is C22H23NO5. The molecular weight excluding hydrogens is 358 g/mol. The standard InChI is InChI=1S/C22H23NO5/c1-13-14(2)19(24)8-7-18(13)23-22(25)21-10-6-17(28-21)12-15-11-16(26-3)5-9-20(15)27-4/h5-11,24H,12H2,1-4H3,(H,23,25). The molecule has 3 aromatic rings. The number of hydrogen-bond donors (Lipinski definition) is 2. The molecule has 0 saturated heterocycles. The topological polar surface area (TPSA) is 80.9 Å². The normalized spacial score (nSPS) is 10.6. The van der Waals surface area contributed by atoms with Gasteiger partial charge in [0.25, 0.3) is 5.91 Å². The van der Waals surface area contributed by atoms with Gasteiger partial charge in [-0.1, -0.05) is 0 Å². The molecule has 0 atom stereocenters. The molecule has 1 heterocycles. The summed E-state index contributed by atoms with van der Waals surface area (Å²) in [6.07, 6.45) is 0.463. The molecule has 1 aromatic heterocycles. The first-order valence-corrected chi connectivity index (χ1v) is 8.83. The molecule has 6 heteroatoms. The van der Waals surface area contributed by atoms with Crippen LogP contribution in [0.2, 0.25) is 0 Å². The summed E-state index contributed by atoms with van der Waals surface area (Å²) in [7, 11) is 3.21. The van der Waals surface area contributed by atoms with Gasteiger partial charge in [0.1, 0.15) is 23.0 Å². The van der Waals surface area contributed by atoms with Crippen molar-refractivity contribution in [2.75, 3.05) is 19.5 Å². The van der Waals surface area contributed by atoms with Gasteiger partial charge in [0, 0.05) is 17.7 Å². The average molecular weight is 381 g/mol. The van der Waals surface area contributed by atoms with Gasteiger partial charge < -0.3 is 24.3 Å². The lowest BCUT2D eigenvalue weighted by Crippen LogP contribution is -2.12. The Kier molecular flexibility index (Phi) is 5.59. The molecule has 0 spiro atoms. The highest BCUT2D eigenvalue weighted by molar-refractivity contribution is 6.02. The van der Waals surface area contributed by atoms with Crippen LogP contribution in [-0.4, -0.2) is 25.2 Å². The van der Waals surface area contributed by atoms with Gasteiger partial charge in [-0.25, -0.2) is 0 Å². The molecule has 1 amide bonds. The maximum atomic E-state index is 12.5. The first-order valence-electron chi connectivity index (χ1n) is 8.83. The van der Waals surface area contributed by atoms with Crippen LogP contribution >= 0.6 is 0 Å². The van der Waals surface area contributed by atoms with Crippen molar-refractivity contribution in [3.8, 4) is 17.2 Å². The second kappa shape index (κ2) is 8.08. The lowest BCUT2D eigenvalue weighted by Gasteiger charge is -2.11. The number of ether oxygens (including phenoxy) is 2. The Morgan fingerprint density at radius 1 is 1.04 bits per heavy atom. The average Bonchev–Trinajstić information content (AvgIpc) is 3.17. The Bertz CT molecular complexity index is 1010. The summed E-state index contributed by atoms with van der Waals surface area (Å²) in [6, 6.07) is 12.2. The summed E-state index contributed by atoms with van der Waals surface area (Å²) in [5.74, 6) is 2.13. The number of furan rings is 1. The molecule has 2 N–H and O–H groups in total. The molecule has 28 heavy (non-hydrogen) atoms. The number of rotatable bonds is 6. The predicted molar refractivity (Wildman–Crippen MR) is 107 cm³/mol. The second-order valence-electron chi connectivity index (χ2n) is 6.46. The molecule has 0 fully saturated rings. The molecule has 0 aliphatic carbocycles. The highest BCUT2D eigenvalue weighted by Crippen LogP contribution is 2.28. The van der Waals surface area contributed by atoms with Crippen molar-refractivity contribution in [2.45, 2.75) is 20.3 Å². The number of benzene rings is 2. The van der Waals surface area contributed by atoms with Crippen LogP contribution in [0.4, 0.5) is 5.69 Å². The van der Waals surface area contributed by atoms with E-state index in [1.165, 1.54) is 0 Å². The molecule has 0 aliphatic heterocycles. The van der Waals surface area contributed by atoms with Gasteiger partial charge >= 0.3 is 0 Å². The maximum Gasteiger partial charge on any atom is 0.291 e. The van der Waals surface area contributed by atoms with Crippen molar-refractivity contribution < 1.29 is 23.8 Å². The Hall–Kier alpha value is -3.41. The zero-order valence-corrected chi connectivity index (χ0v) is 16.3. The van der Waals surface area contributed by atoms with E-state index in [9.17, 15) is 9.90 Å². The molecule has 146 valence electrons. The SMILES string of the molecule is COc1ccc(OC)c(Cc2ccc(C(=O)Nc3ccc(O)c(C)c3C)o2)c1. The Balaban J connectivity index is 1.77. The van der Waals surface area contributed by atoms with E-state index in [-0.39, 0.29) is 17.4 Å². The van der Waals surface area contributed by atoms with Gasteiger partial charge in [0.2, 0.25) is 0 Å². The first kappa shape index (κ1) is 19.4. The van der Waals surface area contributed by atoms with Crippen LogP contribution in [0, 0.1) is 13.8 Å². The number of carbonyl (C=O) groups excluding carboxylic acids is 1. The summed E-state index contributed by atoms with van der Waals surface area (Å²) in [5, 5.41) is 12.6. The van der Waals surface area contributed by atoms with Gasteiger partial charge in [-0.15, -0.1) is 0 Å². The molecule has 0 radical (unpaired) electrons. The van der Waals surface area contributed by atoms with E-state index in [1.54, 1.807) is 45.4 Å². The van der Waals surface area contributed by atoms with E-state index in [0.29, 0.717) is 17.9 Å². The van der Waals surface area contributed by atoms with Gasteiger partial charge in [-0.05, 0) is 67.4 Å². The third-order valence-electron chi connectivity index (χ3n) is 4.74. The fourth-order valence-corrected chi connectivity index (χ4v) is 2.93. The largest absolute Gasteiger partial charge is 0.508 e. The fraction of sp³-hybridized carbons (Fsp3) is 0.227. The fourth-order valence-electron chi connectivity index (χ4n) is 2.93. The number of amides is 1. The lowest BCUT2D eigenvalue weighted by molar-refractivity contribution is 0.0995. The highest BCUT2D eigenvalue weighted by Gasteiger charge is 2.15. The maximum absolute atomic E-state index is 12.5. The van der Waals surface area contributed by atoms with Gasteiger partial charge in [0.05, 0.1) is 14.2 Å². The van der Waals surface area contributed by atoms with Crippen LogP contribution in [0.25, 0.3) is 0 Å². The van der Waals surface area contributed by atoms with Crippen molar-refractivity contribution in [2.24, 2.45) is 0 Å². The minimum absolute atomic E-state index is 0.197. The molecule has 3 rings (SSSR count). The van der Waals surface area contributed by atoms with E-state index in [1.807, 2.05) is 25.1 Å². The molecule has 0 bridgehead atoms. The van der Waals surface area contributed by atoms with E-state index in [4.69, 9.17) is 13.9 Å². The van der Waals surface area contributed by atoms with Crippen molar-refractivity contribution in [3.05, 3.63) is 70.7 Å². The highest BCUT2D eigenvalue weighted by atomic mass is 16.5. The van der Waals surface area contributed by atoms with Crippen molar-refractivity contribution in [1.82, 2.24) is 0 Å². The number of methoxy groups -OCH3 is 2. The number of carbonyl (C=O) groups is 1. The molecule has 2 aromatic carbocycles. The van der Waals surface area contributed by atoms with Crippen LogP contribution in [0.5, 0.6) is 17.2 Å². The molecule has 6 nitrogen and oxygen atoms in total. The van der Waals surface area contributed by atoms with Crippen LogP contribution in [0.3, 0.4) is 0 Å². The molecule has 0 saturated carbocycles. The zero-order valence-electron chi connectivity index (χ0n) is 16.3. The summed E-state index contributed by atoms with van der Waals surface area (Å²) in [4.78, 5) is 12.5. The van der Waals surface area contributed by atoms with E-state index in [2.05, 4.69) is 5.32 Å². The number of hydrogen-bond acceptors (Lipinski definition) is 5. The van der Waals surface area contributed by atoms with Gasteiger partial charge in [-0.2, -0.15) is 0 Å². The van der Waals surface area contributed by atoms with Crippen LogP contribution in [-0.2, 0) is 6.42 Å². The number of phenols is 1. The lowest BCUT2D eigenvalue weighted by atomic mass is 10.1. The number of phenolic OH excluding ortho intramolecular Hbond substituents is 1. The Morgan fingerprint density at radius 2 is 1.82 bits per heavy atom. The van der Waals surface area contributed by atoms with Crippen molar-refractivity contribution in [1.29, 1.82) is 0 Å². The quantitative estimate of drug-likeness (QED) is 0.616. The van der Waals surface area contributed by atoms with Crippen LogP contribution in [0.1, 0.15) is 33.0 Å². The second-order valence-corrected chi connectivity index (χ2v) is 6.46. The summed E-state index contributed by atoms with van der Waals surface area (Å²) in [6.45, 7) is 3.64. The van der Waals surface area contributed by atoms with Gasteiger partial charge in [-0.3, -0.25) is 4.79 Å². The van der Waals surface area contributed by atoms with Crippen molar-refractivity contribution >= 4 is 11.6 Å². The molecule has 0 aliphatic rings. The monoisotopic (exact) mass is 381 g/mol. The Labute approximate surface area is 163 Å². The smallest absolute Gasteiger partial charge is 0.291 e. The van der Waals surface area contributed by atoms with E-state index in [0.717, 1.165) is 28.2 Å². The summed E-state index contributed by atoms with van der Waals surface area (Å²) < 4.78 is 16.4. The number of aromatic hydroxyl groups is 1. The van der Waals surface area contributed by atoms with E-state index < -0.39 is 0 Å². The van der Waals surface area contributed by atoms with Crippen LogP contribution < -0.4 is 14.8 Å². The number of anilines is 1. The summed E-state index contributed by atoms with van der Waals surface area (Å²) >= 11 is 0. The number of nitrogens with one attached hydrogen (secondary N) is 1. The zero-order chi connectivity index (χ0) is 20.3.